The van der Waals surface area contributed by atoms with Crippen LogP contribution in [0.5, 0.6) is 0 Å². The molecule has 0 saturated carbocycles. The highest BCUT2D eigenvalue weighted by molar-refractivity contribution is 7.92. The van der Waals surface area contributed by atoms with Crippen molar-refractivity contribution < 1.29 is 21.6 Å². The fourth-order valence-corrected chi connectivity index (χ4v) is 9.32. The highest BCUT2D eigenvalue weighted by Gasteiger charge is 2.23. The number of nitrogens with zero attached hydrogens (tertiary/aromatic N) is 2. The molecule has 4 heterocycles. The molecule has 228 valence electrons. The summed E-state index contributed by atoms with van der Waals surface area (Å²) in [6.07, 6.45) is 3.69. The van der Waals surface area contributed by atoms with Crippen molar-refractivity contribution in [3.8, 4) is 22.5 Å². The molecule has 0 bridgehead atoms. The molecule has 1 N–H and O–H groups in total. The van der Waals surface area contributed by atoms with Crippen molar-refractivity contribution in [3.63, 3.8) is 0 Å². The molecule has 0 spiro atoms. The molecular formula is C31H28ClN3O5S4. The van der Waals surface area contributed by atoms with Crippen molar-refractivity contribution in [3.05, 3.63) is 131 Å². The van der Waals surface area contributed by atoms with Gasteiger partial charge in [0.25, 0.3) is 20.0 Å². The van der Waals surface area contributed by atoms with E-state index in [2.05, 4.69) is 5.32 Å². The number of benzene rings is 2. The highest BCUT2D eigenvalue weighted by atomic mass is 35.5. The number of nitrogens with one attached hydrogen (secondary N) is 1. The zero-order valence-electron chi connectivity index (χ0n) is 23.3. The van der Waals surface area contributed by atoms with E-state index >= 15 is 0 Å². The minimum atomic E-state index is -3.69. The molecule has 0 aliphatic carbocycles. The lowest BCUT2D eigenvalue weighted by atomic mass is 10.1. The Hall–Kier alpha value is -3.78. The molecule has 0 aliphatic heterocycles. The third-order valence-electron chi connectivity index (χ3n) is 6.32. The van der Waals surface area contributed by atoms with Gasteiger partial charge < -0.3 is 5.32 Å². The molecule has 2 aromatic carbocycles. The Labute approximate surface area is 270 Å². The predicted octanol–water partition coefficient (Wildman–Crippen LogP) is 6.86. The van der Waals surface area contributed by atoms with Crippen LogP contribution in [-0.2, 0) is 26.6 Å². The minimum Gasteiger partial charge on any atom is -0.316 e. The molecule has 8 nitrogen and oxygen atoms in total. The third kappa shape index (κ3) is 6.96. The summed E-state index contributed by atoms with van der Waals surface area (Å²) in [5.41, 5.74) is 4.04. The number of aldehydes is 1. The average molecular weight is 686 g/mol. The summed E-state index contributed by atoms with van der Waals surface area (Å²) in [6.45, 7) is 0.618. The Morgan fingerprint density at radius 3 is 1.59 bits per heavy atom. The average Bonchev–Trinajstić information content (AvgIpc) is 3.85. The van der Waals surface area contributed by atoms with Crippen LogP contribution >= 0.6 is 35.1 Å². The number of aromatic nitrogens is 2. The second-order valence-electron chi connectivity index (χ2n) is 9.24. The molecule has 0 fully saturated rings. The van der Waals surface area contributed by atoms with Gasteiger partial charge in [0.1, 0.15) is 8.42 Å². The van der Waals surface area contributed by atoms with E-state index in [1.807, 2.05) is 73.8 Å². The van der Waals surface area contributed by atoms with Gasteiger partial charge in [0.15, 0.2) is 6.29 Å². The SMILES string of the molecule is CNCc1cc(-c2ccccc2)n(S(=O)(=O)c2cccs2)c1.Cl.O=Cc1cc(-c2ccccc2)n(S(=O)(=O)c2cccs2)c1. The summed E-state index contributed by atoms with van der Waals surface area (Å²) < 4.78 is 54.2. The van der Waals surface area contributed by atoms with Crippen molar-refractivity contribution in [2.75, 3.05) is 7.05 Å². The predicted molar refractivity (Wildman–Crippen MR) is 179 cm³/mol. The van der Waals surface area contributed by atoms with E-state index in [1.54, 1.807) is 47.3 Å². The van der Waals surface area contributed by atoms with Crippen LogP contribution in [0.25, 0.3) is 22.5 Å². The normalized spacial score (nSPS) is 11.3. The Bertz CT molecular complexity index is 2020. The Morgan fingerprint density at radius 2 is 1.16 bits per heavy atom. The van der Waals surface area contributed by atoms with E-state index in [-0.39, 0.29) is 16.6 Å². The number of halogens is 1. The first-order valence-corrected chi connectivity index (χ1v) is 17.6. The number of rotatable bonds is 9. The molecule has 0 saturated heterocycles. The largest absolute Gasteiger partial charge is 0.316 e. The van der Waals surface area contributed by atoms with E-state index in [9.17, 15) is 21.6 Å². The van der Waals surface area contributed by atoms with E-state index in [4.69, 9.17) is 0 Å². The maximum absolute atomic E-state index is 12.9. The van der Waals surface area contributed by atoms with E-state index in [0.29, 0.717) is 34.0 Å². The Kier molecular flexibility index (Phi) is 10.8. The summed E-state index contributed by atoms with van der Waals surface area (Å²) >= 11 is 2.38. The summed E-state index contributed by atoms with van der Waals surface area (Å²) in [4.78, 5) is 11.0. The molecule has 6 aromatic rings. The second kappa shape index (κ2) is 14.3. The highest BCUT2D eigenvalue weighted by Crippen LogP contribution is 2.30. The number of carbonyl (C=O) groups excluding carboxylic acids is 1. The quantitative estimate of drug-likeness (QED) is 0.167. The topological polar surface area (TPSA) is 107 Å². The standard InChI is InChI=1S/C16H16N2O2S2.C15H11NO3S2.ClH/c1-17-11-13-10-15(14-6-3-2-4-7-14)18(12-13)22(19,20)16-8-5-9-21-16;17-11-12-9-14(13-5-2-1-3-6-13)16(10-12)21(18,19)15-7-4-8-20-15;/h2-10,12,17H,11H2,1H3;1-11H;1H. The monoisotopic (exact) mass is 685 g/mol. The van der Waals surface area contributed by atoms with Crippen LogP contribution in [0.2, 0.25) is 0 Å². The number of thiophene rings is 2. The summed E-state index contributed by atoms with van der Waals surface area (Å²) in [7, 11) is -5.41. The van der Waals surface area contributed by atoms with Gasteiger partial charge in [0, 0.05) is 24.5 Å². The van der Waals surface area contributed by atoms with Gasteiger partial charge in [-0.05, 0) is 58.8 Å². The lowest BCUT2D eigenvalue weighted by Crippen LogP contribution is -2.12. The molecule has 6 rings (SSSR count). The lowest BCUT2D eigenvalue weighted by molar-refractivity contribution is 0.112. The second-order valence-corrected chi connectivity index (χ2v) is 15.2. The zero-order valence-corrected chi connectivity index (χ0v) is 27.4. The van der Waals surface area contributed by atoms with Crippen molar-refractivity contribution in [1.29, 1.82) is 0 Å². The zero-order chi connectivity index (χ0) is 30.5. The summed E-state index contributed by atoms with van der Waals surface area (Å²) in [5.74, 6) is 0. The maximum Gasteiger partial charge on any atom is 0.277 e. The van der Waals surface area contributed by atoms with Gasteiger partial charge in [-0.1, -0.05) is 72.8 Å². The summed E-state index contributed by atoms with van der Waals surface area (Å²) in [6, 6.07) is 28.8. The number of hydrogen-bond acceptors (Lipinski definition) is 8. The van der Waals surface area contributed by atoms with Crippen LogP contribution in [0.4, 0.5) is 0 Å². The van der Waals surface area contributed by atoms with Crippen LogP contribution in [0.3, 0.4) is 0 Å². The molecular weight excluding hydrogens is 658 g/mol. The van der Waals surface area contributed by atoms with Crippen LogP contribution in [0.15, 0.2) is 129 Å². The van der Waals surface area contributed by atoms with Crippen LogP contribution in [0.1, 0.15) is 15.9 Å². The van der Waals surface area contributed by atoms with Crippen molar-refractivity contribution in [2.45, 2.75) is 15.0 Å². The third-order valence-corrected chi connectivity index (χ3v) is 12.4. The molecule has 0 atom stereocenters. The first-order valence-electron chi connectivity index (χ1n) is 13.0. The molecule has 44 heavy (non-hydrogen) atoms. The molecule has 0 aliphatic rings. The van der Waals surface area contributed by atoms with Gasteiger partial charge in [-0.2, -0.15) is 16.8 Å². The van der Waals surface area contributed by atoms with Crippen molar-refractivity contribution in [2.24, 2.45) is 0 Å². The molecule has 13 heteroatoms. The van der Waals surface area contributed by atoms with Gasteiger partial charge in [0.2, 0.25) is 0 Å². The van der Waals surface area contributed by atoms with Gasteiger partial charge in [-0.15, -0.1) is 35.1 Å². The molecule has 0 unspecified atom stereocenters. The maximum atomic E-state index is 12.9. The Morgan fingerprint density at radius 1 is 0.682 bits per heavy atom. The van der Waals surface area contributed by atoms with Gasteiger partial charge >= 0.3 is 0 Å². The van der Waals surface area contributed by atoms with Crippen LogP contribution in [0, 0.1) is 0 Å². The van der Waals surface area contributed by atoms with Crippen LogP contribution in [-0.4, -0.2) is 38.1 Å². The van der Waals surface area contributed by atoms with E-state index < -0.39 is 20.0 Å². The van der Waals surface area contributed by atoms with Gasteiger partial charge in [0.05, 0.1) is 11.4 Å². The van der Waals surface area contributed by atoms with Crippen molar-refractivity contribution in [1.82, 2.24) is 13.3 Å². The lowest BCUT2D eigenvalue weighted by Gasteiger charge is -2.09. The smallest absolute Gasteiger partial charge is 0.277 e. The first-order chi connectivity index (χ1) is 20.8. The van der Waals surface area contributed by atoms with Gasteiger partial charge in [-0.3, -0.25) is 4.79 Å². The minimum absolute atomic E-state index is 0. The summed E-state index contributed by atoms with van der Waals surface area (Å²) in [5, 5.41) is 6.54. The van der Waals surface area contributed by atoms with Crippen LogP contribution < -0.4 is 5.32 Å². The molecule has 0 radical (unpaired) electrons. The first kappa shape index (κ1) is 33.1. The fraction of sp³-hybridized carbons (Fsp3) is 0.0645. The van der Waals surface area contributed by atoms with Gasteiger partial charge in [-0.25, -0.2) is 7.94 Å². The molecule has 4 aromatic heterocycles. The fourth-order valence-electron chi connectivity index (χ4n) is 4.38. The number of hydrogen-bond donors (Lipinski definition) is 1. The Balaban J connectivity index is 0.000000197. The molecule has 0 amide bonds. The number of carbonyl (C=O) groups is 1. The van der Waals surface area contributed by atoms with E-state index in [1.165, 1.54) is 21.5 Å². The van der Waals surface area contributed by atoms with E-state index in [0.717, 1.165) is 32.0 Å². The van der Waals surface area contributed by atoms with Crippen molar-refractivity contribution >= 4 is 61.4 Å².